The molecule has 1 heterocycles. The van der Waals surface area contributed by atoms with Crippen molar-refractivity contribution in [1.82, 2.24) is 15.5 Å². The van der Waals surface area contributed by atoms with Crippen molar-refractivity contribution in [2.24, 2.45) is 5.73 Å². The summed E-state index contributed by atoms with van der Waals surface area (Å²) < 4.78 is 27.1. The lowest BCUT2D eigenvalue weighted by atomic mass is 10.1. The number of rotatable bonds is 6. The number of hydrogen-bond donors (Lipinski definition) is 3. The van der Waals surface area contributed by atoms with Crippen LogP contribution in [0.2, 0.25) is 0 Å². The second-order valence-corrected chi connectivity index (χ2v) is 5.44. The second kappa shape index (κ2) is 7.82. The van der Waals surface area contributed by atoms with Gasteiger partial charge in [0.25, 0.3) is 0 Å². The molecule has 1 saturated heterocycles. The molecule has 0 saturated carbocycles. The number of benzene rings is 1. The fourth-order valence-corrected chi connectivity index (χ4v) is 2.50. The number of halogens is 2. The summed E-state index contributed by atoms with van der Waals surface area (Å²) in [6.07, 6.45) is -0.212. The molecule has 0 spiro atoms. The molecule has 1 aliphatic heterocycles. The number of nitrogens with two attached hydrogens (primary N) is 1. The molecule has 0 aliphatic carbocycles. The minimum absolute atomic E-state index is 0.00915. The van der Waals surface area contributed by atoms with Gasteiger partial charge in [-0.05, 0) is 6.07 Å². The maximum Gasteiger partial charge on any atom is 0.237 e. The number of hydrogen-bond acceptors (Lipinski definition) is 4. The van der Waals surface area contributed by atoms with Crippen molar-refractivity contribution in [2.45, 2.75) is 19.0 Å². The van der Waals surface area contributed by atoms with Gasteiger partial charge in [0.15, 0.2) is 11.6 Å². The molecule has 0 unspecified atom stereocenters. The van der Waals surface area contributed by atoms with E-state index in [-0.39, 0.29) is 31.0 Å². The molecule has 0 radical (unpaired) electrons. The fourth-order valence-electron chi connectivity index (χ4n) is 2.50. The fraction of sp³-hybridized carbons (Fsp3) is 0.400. The van der Waals surface area contributed by atoms with Gasteiger partial charge >= 0.3 is 0 Å². The molecule has 1 aliphatic rings. The maximum absolute atomic E-state index is 13.8. The highest BCUT2D eigenvalue weighted by molar-refractivity contribution is 5.90. The van der Waals surface area contributed by atoms with Crippen molar-refractivity contribution in [3.63, 3.8) is 0 Å². The summed E-state index contributed by atoms with van der Waals surface area (Å²) >= 11 is 0. The lowest BCUT2D eigenvalue weighted by Gasteiger charge is -2.34. The van der Waals surface area contributed by atoms with E-state index in [0.29, 0.717) is 13.1 Å². The normalized spacial score (nSPS) is 18.1. The van der Waals surface area contributed by atoms with E-state index in [1.54, 1.807) is 4.90 Å². The Morgan fingerprint density at radius 1 is 1.38 bits per heavy atom. The third kappa shape index (κ3) is 4.48. The molecule has 1 fully saturated rings. The number of primary amides is 1. The molecule has 7 nitrogen and oxygen atoms in total. The summed E-state index contributed by atoms with van der Waals surface area (Å²) in [5, 5.41) is 4.92. The SMILES string of the molecule is NC(=O)CNC(=O)C[C@H]1C(=O)NCCN1Cc1cccc(F)c1F. The van der Waals surface area contributed by atoms with Crippen molar-refractivity contribution in [2.75, 3.05) is 19.6 Å². The van der Waals surface area contributed by atoms with Crippen LogP contribution < -0.4 is 16.4 Å². The second-order valence-electron chi connectivity index (χ2n) is 5.44. The molecule has 24 heavy (non-hydrogen) atoms. The van der Waals surface area contributed by atoms with Crippen LogP contribution in [0.15, 0.2) is 18.2 Å². The van der Waals surface area contributed by atoms with Gasteiger partial charge in [-0.2, -0.15) is 0 Å². The van der Waals surface area contributed by atoms with E-state index >= 15 is 0 Å². The van der Waals surface area contributed by atoms with Crippen LogP contribution in [0.3, 0.4) is 0 Å². The molecule has 3 amide bonds. The Morgan fingerprint density at radius 2 is 2.12 bits per heavy atom. The van der Waals surface area contributed by atoms with Crippen LogP contribution in [0.4, 0.5) is 8.78 Å². The van der Waals surface area contributed by atoms with E-state index in [4.69, 9.17) is 5.73 Å². The summed E-state index contributed by atoms with van der Waals surface area (Å²) in [4.78, 5) is 36.1. The Labute approximate surface area is 137 Å². The lowest BCUT2D eigenvalue weighted by Crippen LogP contribution is -2.56. The van der Waals surface area contributed by atoms with Crippen LogP contribution in [0.25, 0.3) is 0 Å². The van der Waals surface area contributed by atoms with Gasteiger partial charge in [-0.25, -0.2) is 8.78 Å². The minimum atomic E-state index is -0.972. The van der Waals surface area contributed by atoms with Gasteiger partial charge in [-0.15, -0.1) is 0 Å². The Balaban J connectivity index is 2.08. The first kappa shape index (κ1) is 17.8. The van der Waals surface area contributed by atoms with E-state index in [1.165, 1.54) is 12.1 Å². The molecule has 2 rings (SSSR count). The summed E-state index contributed by atoms with van der Waals surface area (Å²) in [6, 6.07) is 2.98. The monoisotopic (exact) mass is 340 g/mol. The number of carbonyl (C=O) groups is 3. The van der Waals surface area contributed by atoms with Gasteiger partial charge < -0.3 is 16.4 Å². The highest BCUT2D eigenvalue weighted by Gasteiger charge is 2.32. The highest BCUT2D eigenvalue weighted by Crippen LogP contribution is 2.17. The first-order valence-corrected chi connectivity index (χ1v) is 7.38. The van der Waals surface area contributed by atoms with E-state index < -0.39 is 29.5 Å². The predicted octanol–water partition coefficient (Wildman–Crippen LogP) is -0.743. The Kier molecular flexibility index (Phi) is 5.80. The molecule has 4 N–H and O–H groups in total. The van der Waals surface area contributed by atoms with Gasteiger partial charge in [0.05, 0.1) is 19.0 Å². The Hall–Kier alpha value is -2.55. The molecule has 1 aromatic rings. The van der Waals surface area contributed by atoms with Crippen LogP contribution in [-0.4, -0.2) is 48.3 Å². The van der Waals surface area contributed by atoms with Gasteiger partial charge in [-0.1, -0.05) is 12.1 Å². The summed E-state index contributed by atoms with van der Waals surface area (Å²) in [7, 11) is 0. The van der Waals surface area contributed by atoms with E-state index in [1.807, 2.05) is 0 Å². The van der Waals surface area contributed by atoms with E-state index in [0.717, 1.165) is 6.07 Å². The molecule has 9 heteroatoms. The van der Waals surface area contributed by atoms with E-state index in [9.17, 15) is 23.2 Å². The Bertz CT molecular complexity index is 654. The van der Waals surface area contributed by atoms with Crippen LogP contribution in [0.1, 0.15) is 12.0 Å². The molecule has 130 valence electrons. The number of nitrogens with one attached hydrogen (secondary N) is 2. The standard InChI is InChI=1S/C15H18F2N4O3/c16-10-3-1-2-9(14(10)17)8-21-5-4-19-15(24)11(21)6-13(23)20-7-12(18)22/h1-3,11H,4-8H2,(H2,18,22)(H,19,24)(H,20,23)/t11-/m0/s1. The van der Waals surface area contributed by atoms with Crippen molar-refractivity contribution in [1.29, 1.82) is 0 Å². The van der Waals surface area contributed by atoms with Gasteiger partial charge in [-0.3, -0.25) is 19.3 Å². The maximum atomic E-state index is 13.8. The van der Waals surface area contributed by atoms with Crippen molar-refractivity contribution < 1.29 is 23.2 Å². The molecular formula is C15H18F2N4O3. The third-order valence-electron chi connectivity index (χ3n) is 3.69. The van der Waals surface area contributed by atoms with Gasteiger partial charge in [0.2, 0.25) is 17.7 Å². The summed E-state index contributed by atoms with van der Waals surface area (Å²) in [5.74, 6) is -3.55. The highest BCUT2D eigenvalue weighted by atomic mass is 19.2. The van der Waals surface area contributed by atoms with E-state index in [2.05, 4.69) is 10.6 Å². The number of nitrogens with zero attached hydrogens (tertiary/aromatic N) is 1. The average molecular weight is 340 g/mol. The van der Waals surface area contributed by atoms with Gasteiger partial charge in [0.1, 0.15) is 0 Å². The zero-order valence-corrected chi connectivity index (χ0v) is 12.9. The van der Waals surface area contributed by atoms with Crippen LogP contribution in [0.5, 0.6) is 0 Å². The predicted molar refractivity (Wildman–Crippen MR) is 80.4 cm³/mol. The van der Waals surface area contributed by atoms with Crippen LogP contribution in [0, 0.1) is 11.6 Å². The first-order chi connectivity index (χ1) is 11.4. The zero-order valence-electron chi connectivity index (χ0n) is 12.9. The van der Waals surface area contributed by atoms with Crippen LogP contribution >= 0.6 is 0 Å². The number of carbonyl (C=O) groups excluding carboxylic acids is 3. The van der Waals surface area contributed by atoms with Crippen molar-refractivity contribution in [3.05, 3.63) is 35.4 Å². The molecule has 1 aromatic carbocycles. The smallest absolute Gasteiger partial charge is 0.237 e. The lowest BCUT2D eigenvalue weighted by molar-refractivity contribution is -0.134. The first-order valence-electron chi connectivity index (χ1n) is 7.38. The van der Waals surface area contributed by atoms with Crippen molar-refractivity contribution in [3.8, 4) is 0 Å². The summed E-state index contributed by atoms with van der Waals surface area (Å²) in [6.45, 7) is 0.390. The zero-order chi connectivity index (χ0) is 17.7. The molecule has 1 atom stereocenters. The molecule has 0 bridgehead atoms. The van der Waals surface area contributed by atoms with Gasteiger partial charge in [0, 0.05) is 25.2 Å². The van der Waals surface area contributed by atoms with Crippen molar-refractivity contribution >= 4 is 17.7 Å². The minimum Gasteiger partial charge on any atom is -0.368 e. The third-order valence-corrected chi connectivity index (χ3v) is 3.69. The van der Waals surface area contributed by atoms with Crippen LogP contribution in [-0.2, 0) is 20.9 Å². The largest absolute Gasteiger partial charge is 0.368 e. The summed E-state index contributed by atoms with van der Waals surface area (Å²) in [5.41, 5.74) is 5.04. The quantitative estimate of drug-likeness (QED) is 0.634. The molecule has 0 aromatic heterocycles. The number of amides is 3. The number of piperazine rings is 1. The topological polar surface area (TPSA) is 105 Å². The average Bonchev–Trinajstić information content (AvgIpc) is 2.53. The Morgan fingerprint density at radius 3 is 2.83 bits per heavy atom. The molecular weight excluding hydrogens is 322 g/mol.